The number of aliphatic hydroxyl groups excluding tert-OH is 1. The summed E-state index contributed by atoms with van der Waals surface area (Å²) in [5, 5.41) is 20.8. The molecule has 0 aromatic heterocycles. The summed E-state index contributed by atoms with van der Waals surface area (Å²) in [7, 11) is 0. The van der Waals surface area contributed by atoms with Gasteiger partial charge >= 0.3 is 0 Å². The van der Waals surface area contributed by atoms with Crippen LogP contribution in [0.15, 0.2) is 42.5 Å². The zero-order chi connectivity index (χ0) is 17.8. The van der Waals surface area contributed by atoms with Crippen LogP contribution in [0.1, 0.15) is 30.1 Å². The van der Waals surface area contributed by atoms with Gasteiger partial charge < -0.3 is 15.1 Å². The van der Waals surface area contributed by atoms with Crippen molar-refractivity contribution in [2.75, 3.05) is 19.6 Å². The zero-order valence-corrected chi connectivity index (χ0v) is 14.8. The first-order valence-electron chi connectivity index (χ1n) is 8.64. The summed E-state index contributed by atoms with van der Waals surface area (Å²) < 4.78 is 13.0. The predicted molar refractivity (Wildman–Crippen MR) is 97.3 cm³/mol. The van der Waals surface area contributed by atoms with E-state index in [1.807, 2.05) is 12.1 Å². The maximum absolute atomic E-state index is 13.0. The van der Waals surface area contributed by atoms with Gasteiger partial charge in [-0.2, -0.15) is 0 Å². The minimum absolute atomic E-state index is 0.0335. The van der Waals surface area contributed by atoms with E-state index >= 15 is 0 Å². The summed E-state index contributed by atoms with van der Waals surface area (Å²) >= 11 is 5.83. The first-order valence-corrected chi connectivity index (χ1v) is 9.02. The largest absolute Gasteiger partial charge is 0.508 e. The minimum Gasteiger partial charge on any atom is -0.508 e. The summed E-state index contributed by atoms with van der Waals surface area (Å²) in [6, 6.07) is 11.5. The molecule has 2 N–H and O–H groups in total. The fraction of sp³-hybridized carbons (Fsp3) is 0.400. The molecule has 0 amide bonds. The lowest BCUT2D eigenvalue weighted by molar-refractivity contribution is 0.0877. The molecular weight excluding hydrogens is 341 g/mol. The van der Waals surface area contributed by atoms with Gasteiger partial charge in [0, 0.05) is 17.1 Å². The second kappa shape index (κ2) is 8.17. The van der Waals surface area contributed by atoms with Crippen molar-refractivity contribution in [2.24, 2.45) is 5.92 Å². The maximum atomic E-state index is 13.0. The third-order valence-electron chi connectivity index (χ3n) is 4.93. The molecule has 1 heterocycles. The summed E-state index contributed by atoms with van der Waals surface area (Å²) in [4.78, 5) is 2.22. The third-order valence-corrected chi connectivity index (χ3v) is 5.16. The molecule has 0 bridgehead atoms. The number of phenols is 1. The lowest BCUT2D eigenvalue weighted by Gasteiger charge is -2.33. The Morgan fingerprint density at radius 3 is 2.44 bits per heavy atom. The first-order chi connectivity index (χ1) is 12.0. The van der Waals surface area contributed by atoms with E-state index in [2.05, 4.69) is 4.90 Å². The van der Waals surface area contributed by atoms with Crippen LogP contribution < -0.4 is 0 Å². The van der Waals surface area contributed by atoms with Crippen molar-refractivity contribution < 1.29 is 14.6 Å². The number of piperidine rings is 1. The van der Waals surface area contributed by atoms with Crippen molar-refractivity contribution in [1.82, 2.24) is 4.90 Å². The summed E-state index contributed by atoms with van der Waals surface area (Å²) in [6.07, 6.45) is 2.34. The molecular formula is C20H23ClFNO2. The highest BCUT2D eigenvalue weighted by Crippen LogP contribution is 2.29. The molecule has 1 aliphatic rings. The van der Waals surface area contributed by atoms with E-state index < -0.39 is 6.10 Å². The van der Waals surface area contributed by atoms with Crippen molar-refractivity contribution in [3.05, 3.63) is 64.4 Å². The highest BCUT2D eigenvalue weighted by Gasteiger charge is 2.23. The van der Waals surface area contributed by atoms with Gasteiger partial charge in [0.05, 0.1) is 6.10 Å². The Labute approximate surface area is 152 Å². The van der Waals surface area contributed by atoms with Gasteiger partial charge in [0.15, 0.2) is 0 Å². The number of halogens is 2. The molecule has 0 spiro atoms. The van der Waals surface area contributed by atoms with E-state index in [-0.39, 0.29) is 11.6 Å². The Morgan fingerprint density at radius 2 is 1.80 bits per heavy atom. The molecule has 3 nitrogen and oxygen atoms in total. The maximum Gasteiger partial charge on any atom is 0.123 e. The Hall–Kier alpha value is -1.62. The molecule has 0 saturated carbocycles. The molecule has 134 valence electrons. The van der Waals surface area contributed by atoms with Crippen LogP contribution in [0.25, 0.3) is 0 Å². The van der Waals surface area contributed by atoms with Crippen molar-refractivity contribution in [3.63, 3.8) is 0 Å². The van der Waals surface area contributed by atoms with Crippen LogP contribution in [0.2, 0.25) is 5.02 Å². The third kappa shape index (κ3) is 4.94. The van der Waals surface area contributed by atoms with Gasteiger partial charge in [-0.3, -0.25) is 0 Å². The van der Waals surface area contributed by atoms with Gasteiger partial charge in [-0.15, -0.1) is 0 Å². The van der Waals surface area contributed by atoms with Crippen LogP contribution in [-0.2, 0) is 6.42 Å². The molecule has 3 rings (SSSR count). The van der Waals surface area contributed by atoms with Crippen molar-refractivity contribution >= 4 is 11.6 Å². The second-order valence-electron chi connectivity index (χ2n) is 6.79. The van der Waals surface area contributed by atoms with Gasteiger partial charge in [0.1, 0.15) is 11.6 Å². The smallest absolute Gasteiger partial charge is 0.123 e. The molecule has 0 radical (unpaired) electrons. The second-order valence-corrected chi connectivity index (χ2v) is 7.23. The Kier molecular flexibility index (Phi) is 5.94. The fourth-order valence-electron chi connectivity index (χ4n) is 3.47. The van der Waals surface area contributed by atoms with E-state index in [0.717, 1.165) is 32.4 Å². The number of β-amino-alcohol motifs (C(OH)–C–C–N with tert-alkyl or cyclic N) is 1. The van der Waals surface area contributed by atoms with Crippen LogP contribution in [-0.4, -0.2) is 34.7 Å². The van der Waals surface area contributed by atoms with Crippen LogP contribution in [0.5, 0.6) is 5.75 Å². The summed E-state index contributed by atoms with van der Waals surface area (Å²) in [5.74, 6) is 0.423. The molecule has 0 aliphatic carbocycles. The minimum atomic E-state index is -0.731. The molecule has 1 atom stereocenters. The monoisotopic (exact) mass is 363 g/mol. The van der Waals surface area contributed by atoms with E-state index in [1.54, 1.807) is 12.1 Å². The molecule has 1 unspecified atom stereocenters. The van der Waals surface area contributed by atoms with E-state index in [1.165, 1.54) is 23.8 Å². The van der Waals surface area contributed by atoms with Crippen LogP contribution in [0.4, 0.5) is 4.39 Å². The van der Waals surface area contributed by atoms with Gasteiger partial charge in [0.2, 0.25) is 0 Å². The molecule has 1 fully saturated rings. The topological polar surface area (TPSA) is 43.7 Å². The average Bonchev–Trinajstić information content (AvgIpc) is 2.58. The number of benzene rings is 2. The standard InChI is InChI=1S/C20H23ClFNO2/c21-16-3-6-18(19(24)12-16)20(25)13-23-9-7-15(8-10-23)11-14-1-4-17(22)5-2-14/h1-6,12,15,20,24-25H,7-11,13H2. The quantitative estimate of drug-likeness (QED) is 0.837. The van der Waals surface area contributed by atoms with E-state index in [9.17, 15) is 14.6 Å². The molecule has 2 aromatic rings. The molecule has 1 saturated heterocycles. The number of hydrogen-bond acceptors (Lipinski definition) is 3. The number of nitrogens with zero attached hydrogens (tertiary/aromatic N) is 1. The molecule has 5 heteroatoms. The average molecular weight is 364 g/mol. The number of aromatic hydroxyl groups is 1. The van der Waals surface area contributed by atoms with Crippen molar-refractivity contribution in [1.29, 1.82) is 0 Å². The number of likely N-dealkylation sites (tertiary alicyclic amines) is 1. The Balaban J connectivity index is 1.49. The highest BCUT2D eigenvalue weighted by atomic mass is 35.5. The Morgan fingerprint density at radius 1 is 1.12 bits per heavy atom. The van der Waals surface area contributed by atoms with Crippen LogP contribution in [0, 0.1) is 11.7 Å². The van der Waals surface area contributed by atoms with Gasteiger partial charge in [-0.05, 0) is 68.1 Å². The zero-order valence-electron chi connectivity index (χ0n) is 14.0. The Bertz CT molecular complexity index is 699. The number of rotatable bonds is 5. The summed E-state index contributed by atoms with van der Waals surface area (Å²) in [6.45, 7) is 2.33. The van der Waals surface area contributed by atoms with Crippen LogP contribution in [0.3, 0.4) is 0 Å². The van der Waals surface area contributed by atoms with Gasteiger partial charge in [-0.1, -0.05) is 29.8 Å². The lowest BCUT2D eigenvalue weighted by Crippen LogP contribution is -2.37. The van der Waals surface area contributed by atoms with Crippen molar-refractivity contribution in [2.45, 2.75) is 25.4 Å². The number of phenolic OH excluding ortho intramolecular Hbond substituents is 1. The molecule has 25 heavy (non-hydrogen) atoms. The van der Waals surface area contributed by atoms with Gasteiger partial charge in [0.25, 0.3) is 0 Å². The van der Waals surface area contributed by atoms with E-state index in [4.69, 9.17) is 11.6 Å². The lowest BCUT2D eigenvalue weighted by atomic mass is 9.90. The highest BCUT2D eigenvalue weighted by molar-refractivity contribution is 6.30. The summed E-state index contributed by atoms with van der Waals surface area (Å²) in [5.41, 5.74) is 1.68. The molecule has 2 aromatic carbocycles. The fourth-order valence-corrected chi connectivity index (χ4v) is 3.63. The van der Waals surface area contributed by atoms with Crippen LogP contribution >= 0.6 is 11.6 Å². The predicted octanol–water partition coefficient (Wildman–Crippen LogP) is 4.17. The number of aliphatic hydroxyl groups is 1. The van der Waals surface area contributed by atoms with Crippen molar-refractivity contribution in [3.8, 4) is 5.75 Å². The first kappa shape index (κ1) is 18.2. The normalized spacial score (nSPS) is 17.6. The number of hydrogen-bond donors (Lipinski definition) is 2. The SMILES string of the molecule is Oc1cc(Cl)ccc1C(O)CN1CCC(Cc2ccc(F)cc2)CC1. The van der Waals surface area contributed by atoms with E-state index in [0.29, 0.717) is 23.0 Å². The molecule has 1 aliphatic heterocycles. The van der Waals surface area contributed by atoms with Gasteiger partial charge in [-0.25, -0.2) is 4.39 Å².